The molecule has 0 heterocycles. The van der Waals surface area contributed by atoms with Crippen LogP contribution in [0, 0.1) is 0 Å². The van der Waals surface area contributed by atoms with Gasteiger partial charge in [-0.05, 0) is 50.6 Å². The molecule has 1 atom stereocenters. The van der Waals surface area contributed by atoms with Gasteiger partial charge in [-0.15, -0.1) is 0 Å². The van der Waals surface area contributed by atoms with E-state index in [4.69, 9.17) is 5.73 Å². The molecule has 0 fully saturated rings. The second-order valence-electron chi connectivity index (χ2n) is 6.43. The standard InChI is InChI=1S/C19H21FN2O3.C2H4F2/c1-3-22(12-13-4-6-14(7-5-13)17(21)23)18(24)15-8-10-16(11-9-15)19(2,20)25;1-2(3)4/h4-11,25H,3,12H2,1-2H3,(H2,21,23);2H,1H3. The van der Waals surface area contributed by atoms with Crippen LogP contribution in [0.3, 0.4) is 0 Å². The molecule has 2 amide bonds. The van der Waals surface area contributed by atoms with Crippen molar-refractivity contribution in [3.05, 3.63) is 70.8 Å². The van der Waals surface area contributed by atoms with Gasteiger partial charge in [0.25, 0.3) is 5.91 Å². The summed E-state index contributed by atoms with van der Waals surface area (Å²) in [4.78, 5) is 25.3. The molecule has 0 aliphatic rings. The van der Waals surface area contributed by atoms with E-state index in [1.807, 2.05) is 6.92 Å². The lowest BCUT2D eigenvalue weighted by molar-refractivity contribution is -0.0769. The Morgan fingerprint density at radius 3 is 1.90 bits per heavy atom. The molecule has 3 N–H and O–H groups in total. The van der Waals surface area contributed by atoms with Crippen molar-refractivity contribution in [3.8, 4) is 0 Å². The summed E-state index contributed by atoms with van der Waals surface area (Å²) in [5.74, 6) is -3.14. The number of hydrogen-bond donors (Lipinski definition) is 2. The summed E-state index contributed by atoms with van der Waals surface area (Å²) in [6.07, 6.45) is -2.17. The van der Waals surface area contributed by atoms with Gasteiger partial charge in [0.05, 0.1) is 0 Å². The predicted molar refractivity (Wildman–Crippen MR) is 104 cm³/mol. The van der Waals surface area contributed by atoms with Crippen molar-refractivity contribution in [2.24, 2.45) is 5.73 Å². The Morgan fingerprint density at radius 1 is 1.07 bits per heavy atom. The van der Waals surface area contributed by atoms with Gasteiger partial charge in [0, 0.05) is 29.8 Å². The van der Waals surface area contributed by atoms with E-state index >= 15 is 0 Å². The molecule has 29 heavy (non-hydrogen) atoms. The molecule has 158 valence electrons. The lowest BCUT2D eigenvalue weighted by atomic mass is 10.1. The fourth-order valence-electron chi connectivity index (χ4n) is 2.42. The normalized spacial score (nSPS) is 12.6. The summed E-state index contributed by atoms with van der Waals surface area (Å²) in [6, 6.07) is 12.5. The van der Waals surface area contributed by atoms with Gasteiger partial charge in [-0.2, -0.15) is 0 Å². The van der Waals surface area contributed by atoms with E-state index < -0.39 is 18.2 Å². The lowest BCUT2D eigenvalue weighted by Gasteiger charge is -2.22. The van der Waals surface area contributed by atoms with Crippen LogP contribution in [-0.4, -0.2) is 34.8 Å². The second kappa shape index (κ2) is 10.6. The number of primary amides is 1. The Hall–Kier alpha value is -2.87. The second-order valence-corrected chi connectivity index (χ2v) is 6.43. The first-order valence-corrected chi connectivity index (χ1v) is 8.93. The van der Waals surface area contributed by atoms with Crippen LogP contribution in [0.4, 0.5) is 13.2 Å². The highest BCUT2D eigenvalue weighted by Crippen LogP contribution is 2.22. The third-order valence-corrected chi connectivity index (χ3v) is 3.94. The summed E-state index contributed by atoms with van der Waals surface area (Å²) in [5, 5.41) is 9.34. The number of amides is 2. The molecular formula is C21H25F3N2O3. The molecule has 1 unspecified atom stereocenters. The highest BCUT2D eigenvalue weighted by atomic mass is 19.3. The number of carbonyl (C=O) groups is 2. The van der Waals surface area contributed by atoms with Crippen molar-refractivity contribution in [1.82, 2.24) is 4.90 Å². The SMILES string of the molecule is CC(F)F.CCN(Cc1ccc(C(N)=O)cc1)C(=O)c1ccc(C(C)(O)F)cc1. The molecule has 0 saturated heterocycles. The molecule has 0 saturated carbocycles. The molecule has 5 nitrogen and oxygen atoms in total. The van der Waals surface area contributed by atoms with Crippen LogP contribution in [0.25, 0.3) is 0 Å². The lowest BCUT2D eigenvalue weighted by Crippen LogP contribution is -2.30. The first kappa shape index (κ1) is 24.2. The minimum atomic E-state index is -2.44. The third-order valence-electron chi connectivity index (χ3n) is 3.94. The van der Waals surface area contributed by atoms with Gasteiger partial charge in [-0.3, -0.25) is 9.59 Å². The van der Waals surface area contributed by atoms with Crippen LogP contribution in [-0.2, 0) is 12.4 Å². The fourth-order valence-corrected chi connectivity index (χ4v) is 2.42. The Balaban J connectivity index is 0.000000960. The molecule has 0 aromatic heterocycles. The van der Waals surface area contributed by atoms with Crippen LogP contribution in [0.1, 0.15) is 52.6 Å². The van der Waals surface area contributed by atoms with Crippen molar-refractivity contribution >= 4 is 11.8 Å². The summed E-state index contributed by atoms with van der Waals surface area (Å²) >= 11 is 0. The van der Waals surface area contributed by atoms with Gasteiger partial charge >= 0.3 is 0 Å². The highest BCUT2D eigenvalue weighted by Gasteiger charge is 2.22. The van der Waals surface area contributed by atoms with Gasteiger partial charge in [-0.1, -0.05) is 24.3 Å². The number of carbonyl (C=O) groups excluding carboxylic acids is 2. The Labute approximate surface area is 167 Å². The van der Waals surface area contributed by atoms with E-state index in [1.165, 1.54) is 24.3 Å². The Kier molecular flexibility index (Phi) is 8.85. The minimum Gasteiger partial charge on any atom is -0.366 e. The van der Waals surface area contributed by atoms with Crippen LogP contribution < -0.4 is 5.73 Å². The van der Waals surface area contributed by atoms with Crippen molar-refractivity contribution in [2.75, 3.05) is 6.54 Å². The largest absolute Gasteiger partial charge is 0.366 e. The van der Waals surface area contributed by atoms with Gasteiger partial charge in [0.2, 0.25) is 18.2 Å². The molecule has 0 bridgehead atoms. The smallest absolute Gasteiger partial charge is 0.254 e. The number of aliphatic hydroxyl groups is 1. The Morgan fingerprint density at radius 2 is 1.52 bits per heavy atom. The van der Waals surface area contributed by atoms with Crippen LogP contribution in [0.5, 0.6) is 0 Å². The monoisotopic (exact) mass is 410 g/mol. The molecule has 0 spiro atoms. The topological polar surface area (TPSA) is 83.6 Å². The summed E-state index contributed by atoms with van der Waals surface area (Å²) in [6.45, 7) is 4.59. The number of rotatable bonds is 6. The van der Waals surface area contributed by atoms with Crippen molar-refractivity contribution in [1.29, 1.82) is 0 Å². The number of benzene rings is 2. The van der Waals surface area contributed by atoms with Crippen molar-refractivity contribution in [2.45, 2.75) is 39.6 Å². The third kappa shape index (κ3) is 7.95. The highest BCUT2D eigenvalue weighted by molar-refractivity contribution is 5.94. The molecule has 2 aromatic rings. The molecule has 8 heteroatoms. The molecule has 2 rings (SSSR count). The summed E-state index contributed by atoms with van der Waals surface area (Å²) < 4.78 is 34.1. The predicted octanol–water partition coefficient (Wildman–Crippen LogP) is 3.85. The van der Waals surface area contributed by atoms with Crippen molar-refractivity contribution in [3.63, 3.8) is 0 Å². The quantitative estimate of drug-likeness (QED) is 0.759. The number of nitrogens with two attached hydrogens (primary N) is 1. The van der Waals surface area contributed by atoms with Gasteiger partial charge in [0.15, 0.2) is 0 Å². The minimum absolute atomic E-state index is 0.0918. The van der Waals surface area contributed by atoms with Crippen LogP contribution in [0.2, 0.25) is 0 Å². The maximum Gasteiger partial charge on any atom is 0.254 e. The maximum absolute atomic E-state index is 13.5. The maximum atomic E-state index is 13.5. The molecule has 0 radical (unpaired) electrons. The zero-order chi connectivity index (χ0) is 22.2. The van der Waals surface area contributed by atoms with E-state index in [2.05, 4.69) is 0 Å². The fraction of sp³-hybridized carbons (Fsp3) is 0.333. The van der Waals surface area contributed by atoms with Crippen LogP contribution >= 0.6 is 0 Å². The van der Waals surface area contributed by atoms with E-state index in [9.17, 15) is 27.9 Å². The van der Waals surface area contributed by atoms with Crippen molar-refractivity contribution < 1.29 is 27.9 Å². The van der Waals surface area contributed by atoms with E-state index in [0.717, 1.165) is 19.4 Å². The first-order valence-electron chi connectivity index (χ1n) is 8.93. The van der Waals surface area contributed by atoms with Crippen LogP contribution in [0.15, 0.2) is 48.5 Å². The zero-order valence-electron chi connectivity index (χ0n) is 16.5. The number of nitrogens with zero attached hydrogens (tertiary/aromatic N) is 1. The Bertz CT molecular complexity index is 799. The average Bonchev–Trinajstić information content (AvgIpc) is 2.65. The van der Waals surface area contributed by atoms with Gasteiger partial charge in [-0.25, -0.2) is 13.2 Å². The summed E-state index contributed by atoms with van der Waals surface area (Å²) in [7, 11) is 0. The summed E-state index contributed by atoms with van der Waals surface area (Å²) in [5.41, 5.74) is 6.98. The zero-order valence-corrected chi connectivity index (χ0v) is 16.5. The average molecular weight is 410 g/mol. The number of alkyl halides is 3. The van der Waals surface area contributed by atoms with E-state index in [1.54, 1.807) is 29.2 Å². The molecule has 0 aliphatic carbocycles. The molecule has 0 aliphatic heterocycles. The number of halogens is 3. The molecular weight excluding hydrogens is 385 g/mol. The van der Waals surface area contributed by atoms with E-state index in [-0.39, 0.29) is 11.5 Å². The van der Waals surface area contributed by atoms with E-state index in [0.29, 0.717) is 24.2 Å². The van der Waals surface area contributed by atoms with Gasteiger partial charge in [0.1, 0.15) is 0 Å². The molecule has 2 aromatic carbocycles. The number of hydrogen-bond acceptors (Lipinski definition) is 3. The first-order chi connectivity index (χ1) is 13.5. The van der Waals surface area contributed by atoms with Gasteiger partial charge < -0.3 is 15.7 Å².